The summed E-state index contributed by atoms with van der Waals surface area (Å²) in [7, 11) is 0. The molecule has 9 heteroatoms. The number of ether oxygens (including phenoxy) is 1. The summed E-state index contributed by atoms with van der Waals surface area (Å²) in [6.07, 6.45) is 5.49. The van der Waals surface area contributed by atoms with Crippen LogP contribution in [-0.4, -0.2) is 36.0 Å². The van der Waals surface area contributed by atoms with Crippen LogP contribution in [0.3, 0.4) is 0 Å². The Balaban J connectivity index is 1.55. The van der Waals surface area contributed by atoms with E-state index in [1.54, 1.807) is 27.7 Å². The Morgan fingerprint density at radius 2 is 2.29 bits per heavy atom. The fourth-order valence-electron chi connectivity index (χ4n) is 2.14. The number of carbonyl (C=O) groups is 1. The molecular weight excluding hydrogens is 312 g/mol. The number of aryl methyl sites for hydroxylation is 1. The summed E-state index contributed by atoms with van der Waals surface area (Å²) in [6, 6.07) is 5.13. The molecule has 0 radical (unpaired) electrons. The monoisotopic (exact) mass is 330 g/mol. The van der Waals surface area contributed by atoms with Crippen molar-refractivity contribution in [1.82, 2.24) is 30.0 Å². The SMILES string of the molecule is CCCCn1nnnc1COC(=O)c1ccc(Cn2cccn2)o1. The minimum atomic E-state index is -0.549. The molecule has 0 saturated carbocycles. The molecule has 0 bridgehead atoms. The minimum Gasteiger partial charge on any atom is -0.452 e. The molecule has 0 aliphatic carbocycles. The van der Waals surface area contributed by atoms with Gasteiger partial charge in [0.15, 0.2) is 12.4 Å². The summed E-state index contributed by atoms with van der Waals surface area (Å²) in [6.45, 7) is 3.24. The number of rotatable bonds is 8. The van der Waals surface area contributed by atoms with Crippen molar-refractivity contribution in [3.05, 3.63) is 47.9 Å². The topological polar surface area (TPSA) is 101 Å². The molecule has 24 heavy (non-hydrogen) atoms. The Bertz CT molecular complexity index is 777. The Kier molecular flexibility index (Phi) is 4.99. The number of nitrogens with zero attached hydrogens (tertiary/aromatic N) is 6. The largest absolute Gasteiger partial charge is 0.452 e. The van der Waals surface area contributed by atoms with Crippen LogP contribution in [0.4, 0.5) is 0 Å². The first-order valence-corrected chi connectivity index (χ1v) is 7.74. The molecule has 0 aromatic carbocycles. The molecule has 0 amide bonds. The molecule has 0 saturated heterocycles. The van der Waals surface area contributed by atoms with E-state index in [0.717, 1.165) is 12.8 Å². The van der Waals surface area contributed by atoms with Gasteiger partial charge in [-0.1, -0.05) is 13.3 Å². The molecule has 0 N–H and O–H groups in total. The van der Waals surface area contributed by atoms with Gasteiger partial charge in [-0.3, -0.25) is 4.68 Å². The van der Waals surface area contributed by atoms with Crippen molar-refractivity contribution in [2.24, 2.45) is 0 Å². The molecule has 9 nitrogen and oxygen atoms in total. The molecule has 0 unspecified atom stereocenters. The quantitative estimate of drug-likeness (QED) is 0.579. The van der Waals surface area contributed by atoms with Crippen molar-refractivity contribution in [2.75, 3.05) is 0 Å². The van der Waals surface area contributed by atoms with Crippen LogP contribution in [-0.2, 0) is 24.4 Å². The maximum atomic E-state index is 12.1. The van der Waals surface area contributed by atoms with Crippen molar-refractivity contribution in [3.8, 4) is 0 Å². The molecule has 0 atom stereocenters. The van der Waals surface area contributed by atoms with Crippen molar-refractivity contribution < 1.29 is 13.9 Å². The van der Waals surface area contributed by atoms with Crippen molar-refractivity contribution >= 4 is 5.97 Å². The van der Waals surface area contributed by atoms with Gasteiger partial charge in [-0.25, -0.2) is 9.48 Å². The second kappa shape index (κ2) is 7.53. The second-order valence-electron chi connectivity index (χ2n) is 5.22. The summed E-state index contributed by atoms with van der Waals surface area (Å²) in [5.41, 5.74) is 0. The molecule has 0 spiro atoms. The zero-order chi connectivity index (χ0) is 16.8. The van der Waals surface area contributed by atoms with Gasteiger partial charge in [0.1, 0.15) is 5.76 Å². The van der Waals surface area contributed by atoms with E-state index in [9.17, 15) is 4.79 Å². The van der Waals surface area contributed by atoms with Crippen LogP contribution < -0.4 is 0 Å². The van der Waals surface area contributed by atoms with Gasteiger partial charge in [-0.05, 0) is 35.0 Å². The third-order valence-corrected chi connectivity index (χ3v) is 3.40. The lowest BCUT2D eigenvalue weighted by molar-refractivity contribution is 0.0417. The number of unbranched alkanes of at least 4 members (excludes halogenated alkanes) is 1. The highest BCUT2D eigenvalue weighted by atomic mass is 16.5. The van der Waals surface area contributed by atoms with Gasteiger partial charge in [0.2, 0.25) is 5.76 Å². The normalized spacial score (nSPS) is 10.9. The molecule has 126 valence electrons. The van der Waals surface area contributed by atoms with Crippen LogP contribution in [0.1, 0.15) is 41.9 Å². The Morgan fingerprint density at radius 3 is 3.08 bits per heavy atom. The smallest absolute Gasteiger partial charge is 0.374 e. The van der Waals surface area contributed by atoms with E-state index in [4.69, 9.17) is 9.15 Å². The van der Waals surface area contributed by atoms with E-state index in [0.29, 0.717) is 24.7 Å². The zero-order valence-electron chi connectivity index (χ0n) is 13.3. The van der Waals surface area contributed by atoms with E-state index in [1.807, 2.05) is 12.3 Å². The standard InChI is InChI=1S/C15H18N6O3/c1-2-3-9-21-14(17-18-19-21)11-23-15(22)13-6-5-12(24-13)10-20-8-4-7-16-20/h4-8H,2-3,9-11H2,1H3. The van der Waals surface area contributed by atoms with Crippen LogP contribution in [0.25, 0.3) is 0 Å². The molecule has 3 aromatic rings. The summed E-state index contributed by atoms with van der Waals surface area (Å²) in [5, 5.41) is 15.4. The summed E-state index contributed by atoms with van der Waals surface area (Å²) in [4.78, 5) is 12.1. The lowest BCUT2D eigenvalue weighted by atomic mass is 10.3. The van der Waals surface area contributed by atoms with Crippen LogP contribution in [0.5, 0.6) is 0 Å². The highest BCUT2D eigenvalue weighted by Gasteiger charge is 2.15. The average molecular weight is 330 g/mol. The Labute approximate surface area is 138 Å². The third kappa shape index (κ3) is 3.86. The maximum Gasteiger partial charge on any atom is 0.374 e. The number of carbonyl (C=O) groups excluding carboxylic acids is 1. The van der Waals surface area contributed by atoms with Crippen LogP contribution in [0.15, 0.2) is 35.0 Å². The number of tetrazole rings is 1. The first-order chi connectivity index (χ1) is 11.8. The van der Waals surface area contributed by atoms with Crippen molar-refractivity contribution in [1.29, 1.82) is 0 Å². The lowest BCUT2D eigenvalue weighted by Crippen LogP contribution is -2.11. The first-order valence-electron chi connectivity index (χ1n) is 7.74. The van der Waals surface area contributed by atoms with Gasteiger partial charge in [0.25, 0.3) is 0 Å². The summed E-state index contributed by atoms with van der Waals surface area (Å²) >= 11 is 0. The Morgan fingerprint density at radius 1 is 1.38 bits per heavy atom. The van der Waals surface area contributed by atoms with Gasteiger partial charge >= 0.3 is 5.97 Å². The fraction of sp³-hybridized carbons (Fsp3) is 0.400. The second-order valence-corrected chi connectivity index (χ2v) is 5.22. The predicted octanol–water partition coefficient (Wildman–Crippen LogP) is 1.67. The predicted molar refractivity (Wildman–Crippen MR) is 81.9 cm³/mol. The Hall–Kier alpha value is -2.97. The zero-order valence-corrected chi connectivity index (χ0v) is 13.3. The number of furan rings is 1. The average Bonchev–Trinajstić information content (AvgIpc) is 3.33. The van der Waals surface area contributed by atoms with Crippen molar-refractivity contribution in [3.63, 3.8) is 0 Å². The summed E-state index contributed by atoms with van der Waals surface area (Å²) in [5.74, 6) is 0.732. The number of esters is 1. The van der Waals surface area contributed by atoms with Crippen LogP contribution >= 0.6 is 0 Å². The summed E-state index contributed by atoms with van der Waals surface area (Å²) < 4.78 is 14.1. The lowest BCUT2D eigenvalue weighted by Gasteiger charge is -2.04. The molecule has 3 heterocycles. The van der Waals surface area contributed by atoms with Gasteiger partial charge in [0, 0.05) is 18.9 Å². The first kappa shape index (κ1) is 15.9. The van der Waals surface area contributed by atoms with E-state index >= 15 is 0 Å². The number of aromatic nitrogens is 6. The van der Waals surface area contributed by atoms with Gasteiger partial charge in [-0.15, -0.1) is 5.10 Å². The highest BCUT2D eigenvalue weighted by molar-refractivity contribution is 5.86. The molecule has 0 fully saturated rings. The molecule has 3 aromatic heterocycles. The van der Waals surface area contributed by atoms with E-state index < -0.39 is 5.97 Å². The number of hydrogen-bond donors (Lipinski definition) is 0. The van der Waals surface area contributed by atoms with E-state index in [2.05, 4.69) is 27.5 Å². The fourth-order valence-corrected chi connectivity index (χ4v) is 2.14. The number of hydrogen-bond acceptors (Lipinski definition) is 7. The molecular formula is C15H18N6O3. The highest BCUT2D eigenvalue weighted by Crippen LogP contribution is 2.11. The maximum absolute atomic E-state index is 12.1. The molecule has 3 rings (SSSR count). The van der Waals surface area contributed by atoms with Crippen LogP contribution in [0.2, 0.25) is 0 Å². The molecule has 0 aliphatic rings. The van der Waals surface area contributed by atoms with Crippen LogP contribution in [0, 0.1) is 0 Å². The van der Waals surface area contributed by atoms with Crippen molar-refractivity contribution in [2.45, 2.75) is 39.5 Å². The third-order valence-electron chi connectivity index (χ3n) is 3.40. The van der Waals surface area contributed by atoms with Gasteiger partial charge in [-0.2, -0.15) is 5.10 Å². The minimum absolute atomic E-state index is 0.00470. The van der Waals surface area contributed by atoms with Gasteiger partial charge < -0.3 is 9.15 Å². The van der Waals surface area contributed by atoms with Gasteiger partial charge in [0.05, 0.1) is 6.54 Å². The van der Waals surface area contributed by atoms with E-state index in [-0.39, 0.29) is 12.4 Å². The van der Waals surface area contributed by atoms with E-state index in [1.165, 1.54) is 0 Å². The molecule has 0 aliphatic heterocycles.